The second-order valence-corrected chi connectivity index (χ2v) is 10.3. The van der Waals surface area contributed by atoms with Crippen molar-refractivity contribution in [2.24, 2.45) is 5.92 Å². The highest BCUT2D eigenvalue weighted by atomic mass is 35.5. The molecule has 1 N–H and O–H groups in total. The predicted octanol–water partition coefficient (Wildman–Crippen LogP) is 8.33. The molecule has 38 heavy (non-hydrogen) atoms. The summed E-state index contributed by atoms with van der Waals surface area (Å²) in [5, 5.41) is 9.54. The van der Waals surface area contributed by atoms with Crippen molar-refractivity contribution in [3.05, 3.63) is 81.6 Å². The second kappa shape index (κ2) is 10.9. The highest BCUT2D eigenvalue weighted by Gasteiger charge is 2.31. The topological polar surface area (TPSA) is 64.3 Å². The molecule has 0 saturated heterocycles. The van der Waals surface area contributed by atoms with Crippen molar-refractivity contribution >= 4 is 40.2 Å². The van der Waals surface area contributed by atoms with Crippen LogP contribution in [0.25, 0.3) is 22.4 Å². The molecule has 1 aliphatic rings. The first kappa shape index (κ1) is 26.4. The zero-order valence-electron chi connectivity index (χ0n) is 20.1. The molecule has 1 unspecified atom stereocenters. The summed E-state index contributed by atoms with van der Waals surface area (Å²) in [4.78, 5) is 15.9. The van der Waals surface area contributed by atoms with E-state index in [2.05, 4.69) is 4.98 Å². The number of benzene rings is 3. The zero-order chi connectivity index (χ0) is 27.0. The SMILES string of the molecule is O=C(O)c1cc(F)c(OCC(C2CCCCC2)n2c(-c3ccc(Cl)cc3)nc3cc(F)c(F)cc32)c(Cl)c1. The number of nitrogens with zero attached hydrogens (tertiary/aromatic N) is 2. The Morgan fingerprint density at radius 3 is 2.34 bits per heavy atom. The van der Waals surface area contributed by atoms with Crippen LogP contribution in [0.15, 0.2) is 48.5 Å². The molecule has 1 aliphatic carbocycles. The van der Waals surface area contributed by atoms with Crippen molar-refractivity contribution in [2.75, 3.05) is 6.61 Å². The lowest BCUT2D eigenvalue weighted by Gasteiger charge is -2.33. The number of carboxylic acids is 1. The van der Waals surface area contributed by atoms with Crippen molar-refractivity contribution in [3.63, 3.8) is 0 Å². The number of ether oxygens (including phenoxy) is 1. The molecule has 0 spiro atoms. The van der Waals surface area contributed by atoms with E-state index in [1.807, 2.05) is 4.57 Å². The molecule has 0 radical (unpaired) electrons. The summed E-state index contributed by atoms with van der Waals surface area (Å²) < 4.78 is 51.3. The number of fused-ring (bicyclic) bond motifs is 1. The normalized spacial score (nSPS) is 15.1. The highest BCUT2D eigenvalue weighted by Crippen LogP contribution is 2.40. The summed E-state index contributed by atoms with van der Waals surface area (Å²) in [6, 6.07) is 10.7. The molecule has 198 valence electrons. The van der Waals surface area contributed by atoms with E-state index in [1.54, 1.807) is 24.3 Å². The average Bonchev–Trinajstić information content (AvgIpc) is 3.24. The fourth-order valence-corrected chi connectivity index (χ4v) is 5.55. The molecule has 1 heterocycles. The quantitative estimate of drug-likeness (QED) is 0.246. The van der Waals surface area contributed by atoms with Gasteiger partial charge in [-0.2, -0.15) is 0 Å². The van der Waals surface area contributed by atoms with Crippen molar-refractivity contribution in [1.82, 2.24) is 9.55 Å². The van der Waals surface area contributed by atoms with Gasteiger partial charge in [-0.25, -0.2) is 22.9 Å². The number of halogens is 5. The van der Waals surface area contributed by atoms with E-state index in [4.69, 9.17) is 27.9 Å². The third-order valence-corrected chi connectivity index (χ3v) is 7.54. The van der Waals surface area contributed by atoms with Crippen LogP contribution in [0, 0.1) is 23.4 Å². The van der Waals surface area contributed by atoms with Crippen LogP contribution in [0.4, 0.5) is 13.2 Å². The van der Waals surface area contributed by atoms with Crippen LogP contribution in [0.3, 0.4) is 0 Å². The van der Waals surface area contributed by atoms with E-state index in [0.29, 0.717) is 21.9 Å². The molecule has 1 saturated carbocycles. The minimum atomic E-state index is -1.32. The fourth-order valence-electron chi connectivity index (χ4n) is 5.16. The lowest BCUT2D eigenvalue weighted by Crippen LogP contribution is -2.28. The Morgan fingerprint density at radius 2 is 1.68 bits per heavy atom. The number of carbonyl (C=O) groups is 1. The maximum atomic E-state index is 14.8. The first-order valence-electron chi connectivity index (χ1n) is 12.2. The van der Waals surface area contributed by atoms with Crippen molar-refractivity contribution in [3.8, 4) is 17.1 Å². The average molecular weight is 563 g/mol. The van der Waals surface area contributed by atoms with Crippen LogP contribution in [-0.2, 0) is 0 Å². The largest absolute Gasteiger partial charge is 0.487 e. The van der Waals surface area contributed by atoms with E-state index in [9.17, 15) is 23.1 Å². The van der Waals surface area contributed by atoms with Gasteiger partial charge in [0.25, 0.3) is 0 Å². The van der Waals surface area contributed by atoms with Gasteiger partial charge in [0, 0.05) is 22.7 Å². The molecule has 5 rings (SSSR count). The molecule has 5 nitrogen and oxygen atoms in total. The number of rotatable bonds is 7. The number of imidazole rings is 1. The zero-order valence-corrected chi connectivity index (χ0v) is 21.6. The number of hydrogen-bond acceptors (Lipinski definition) is 3. The maximum Gasteiger partial charge on any atom is 0.335 e. The van der Waals surface area contributed by atoms with Gasteiger partial charge in [-0.1, -0.05) is 42.5 Å². The van der Waals surface area contributed by atoms with Crippen molar-refractivity contribution in [2.45, 2.75) is 38.1 Å². The smallest absolute Gasteiger partial charge is 0.335 e. The van der Waals surface area contributed by atoms with Crippen molar-refractivity contribution in [1.29, 1.82) is 0 Å². The third kappa shape index (κ3) is 5.20. The van der Waals surface area contributed by atoms with E-state index in [0.717, 1.165) is 56.4 Å². The molecule has 1 atom stereocenters. The summed E-state index contributed by atoms with van der Waals surface area (Å²) in [6.45, 7) is -0.0568. The summed E-state index contributed by atoms with van der Waals surface area (Å²) in [7, 11) is 0. The van der Waals surface area contributed by atoms with Gasteiger partial charge in [-0.15, -0.1) is 0 Å². The van der Waals surface area contributed by atoms with Crippen LogP contribution in [-0.4, -0.2) is 27.2 Å². The summed E-state index contributed by atoms with van der Waals surface area (Å²) in [5.74, 6) is -3.98. The Kier molecular flexibility index (Phi) is 7.54. The Balaban J connectivity index is 1.63. The Bertz CT molecular complexity index is 1480. The van der Waals surface area contributed by atoms with Crippen LogP contribution in [0.2, 0.25) is 10.0 Å². The van der Waals surface area contributed by atoms with E-state index in [-0.39, 0.29) is 34.4 Å². The van der Waals surface area contributed by atoms with Crippen LogP contribution in [0.5, 0.6) is 5.75 Å². The minimum Gasteiger partial charge on any atom is -0.487 e. The number of hydrogen-bond donors (Lipinski definition) is 1. The molecule has 0 aliphatic heterocycles. The van der Waals surface area contributed by atoms with Gasteiger partial charge < -0.3 is 14.4 Å². The molecule has 10 heteroatoms. The van der Waals surface area contributed by atoms with Gasteiger partial charge in [-0.3, -0.25) is 0 Å². The van der Waals surface area contributed by atoms with Gasteiger partial charge in [0.15, 0.2) is 23.2 Å². The van der Waals surface area contributed by atoms with Crippen LogP contribution in [0.1, 0.15) is 48.5 Å². The maximum absolute atomic E-state index is 14.8. The lowest BCUT2D eigenvalue weighted by atomic mass is 9.83. The molecule has 4 aromatic rings. The molecular weight excluding hydrogens is 540 g/mol. The first-order valence-corrected chi connectivity index (χ1v) is 13.0. The summed E-state index contributed by atoms with van der Waals surface area (Å²) >= 11 is 12.3. The molecule has 3 aromatic carbocycles. The minimum absolute atomic E-state index is 0.0568. The van der Waals surface area contributed by atoms with E-state index < -0.39 is 29.5 Å². The number of aromatic carboxylic acids is 1. The number of aromatic nitrogens is 2. The molecule has 1 aromatic heterocycles. The van der Waals surface area contributed by atoms with Gasteiger partial charge in [0.2, 0.25) is 0 Å². The number of carboxylic acid groups (broad SMARTS) is 1. The van der Waals surface area contributed by atoms with Gasteiger partial charge in [0.1, 0.15) is 12.4 Å². The highest BCUT2D eigenvalue weighted by molar-refractivity contribution is 6.32. The Labute approximate surface area is 226 Å². The summed E-state index contributed by atoms with van der Waals surface area (Å²) in [5.41, 5.74) is 1.03. The Hall–Kier alpha value is -3.23. The Morgan fingerprint density at radius 1 is 1.00 bits per heavy atom. The molecule has 0 amide bonds. The van der Waals surface area contributed by atoms with E-state index in [1.165, 1.54) is 0 Å². The second-order valence-electron chi connectivity index (χ2n) is 9.42. The van der Waals surface area contributed by atoms with Crippen molar-refractivity contribution < 1.29 is 27.8 Å². The molecular formula is C28H23Cl2F3N2O3. The molecule has 1 fully saturated rings. The summed E-state index contributed by atoms with van der Waals surface area (Å²) in [6.07, 6.45) is 4.75. The van der Waals surface area contributed by atoms with Gasteiger partial charge in [0.05, 0.1) is 27.7 Å². The lowest BCUT2D eigenvalue weighted by molar-refractivity contribution is 0.0696. The monoisotopic (exact) mass is 562 g/mol. The van der Waals surface area contributed by atoms with Gasteiger partial charge in [-0.05, 0) is 55.2 Å². The fraction of sp³-hybridized carbons (Fsp3) is 0.286. The standard InChI is InChI=1S/C28H23Cl2F3N2O3/c29-18-8-6-16(7-9-18)27-34-23-12-20(31)21(32)13-24(23)35(27)25(15-4-2-1-3-5-15)14-38-26-19(30)10-17(28(36)37)11-22(26)33/h6-13,15,25H,1-5,14H2,(H,36,37). The predicted molar refractivity (Wildman–Crippen MR) is 140 cm³/mol. The van der Waals surface area contributed by atoms with Gasteiger partial charge >= 0.3 is 5.97 Å². The third-order valence-electron chi connectivity index (χ3n) is 7.00. The first-order chi connectivity index (χ1) is 18.2. The van der Waals surface area contributed by atoms with E-state index >= 15 is 0 Å². The van der Waals surface area contributed by atoms with Crippen LogP contribution < -0.4 is 4.74 Å². The molecule has 0 bridgehead atoms. The van der Waals surface area contributed by atoms with Crippen LogP contribution >= 0.6 is 23.2 Å².